The number of likely N-dealkylation sites (N-methyl/N-ethyl adjacent to an activating group) is 1. The van der Waals surface area contributed by atoms with Crippen LogP contribution in [-0.4, -0.2) is 40.9 Å². The molecular weight excluding hydrogens is 406 g/mol. The summed E-state index contributed by atoms with van der Waals surface area (Å²) < 4.78 is 0. The summed E-state index contributed by atoms with van der Waals surface area (Å²) in [6.07, 6.45) is 0.685. The standard InChI is InChI=1S/C22H22ClN3O2S/c1-2-25-19-6-4-3-5-17(19)22(21(25)28)18(11-16-12-29-13-26(16)22)20(27)24-15-9-7-14(23)8-10-15/h3-10,16,18H,2,11-13H2,1H3,(H,24,27). The maximum atomic E-state index is 13.8. The summed E-state index contributed by atoms with van der Waals surface area (Å²) in [5, 5.41) is 3.66. The first kappa shape index (κ1) is 19.0. The molecule has 5 nitrogen and oxygen atoms in total. The highest BCUT2D eigenvalue weighted by Gasteiger charge is 2.67. The van der Waals surface area contributed by atoms with Crippen molar-refractivity contribution in [3.63, 3.8) is 0 Å². The number of hydrogen-bond acceptors (Lipinski definition) is 4. The molecule has 150 valence electrons. The first-order valence-corrected chi connectivity index (χ1v) is 11.4. The number of benzene rings is 2. The molecule has 3 atom stereocenters. The van der Waals surface area contributed by atoms with E-state index in [2.05, 4.69) is 10.2 Å². The van der Waals surface area contributed by atoms with Gasteiger partial charge in [-0.2, -0.15) is 0 Å². The smallest absolute Gasteiger partial charge is 0.253 e. The summed E-state index contributed by atoms with van der Waals surface area (Å²) >= 11 is 7.81. The fourth-order valence-corrected chi connectivity index (χ4v) is 6.59. The predicted octanol–water partition coefficient (Wildman–Crippen LogP) is 3.94. The highest BCUT2D eigenvalue weighted by Crippen LogP contribution is 2.57. The lowest BCUT2D eigenvalue weighted by atomic mass is 9.79. The molecular formula is C22H22ClN3O2S. The molecule has 0 aliphatic carbocycles. The summed E-state index contributed by atoms with van der Waals surface area (Å²) in [7, 11) is 0. The van der Waals surface area contributed by atoms with Gasteiger partial charge >= 0.3 is 0 Å². The van der Waals surface area contributed by atoms with E-state index in [1.807, 2.05) is 47.9 Å². The van der Waals surface area contributed by atoms with Crippen molar-refractivity contribution in [2.24, 2.45) is 5.92 Å². The molecule has 1 N–H and O–H groups in total. The molecule has 0 aromatic heterocycles. The maximum absolute atomic E-state index is 13.8. The molecule has 2 amide bonds. The third kappa shape index (κ3) is 2.66. The molecule has 3 aliphatic heterocycles. The summed E-state index contributed by atoms with van der Waals surface area (Å²) in [6.45, 7) is 2.58. The van der Waals surface area contributed by atoms with Crippen LogP contribution in [0.1, 0.15) is 18.9 Å². The molecule has 0 saturated carbocycles. The number of thioether (sulfide) groups is 1. The third-order valence-corrected chi connectivity index (χ3v) is 7.70. The molecule has 2 aromatic carbocycles. The van der Waals surface area contributed by atoms with Crippen molar-refractivity contribution in [2.45, 2.75) is 24.9 Å². The second-order valence-corrected chi connectivity index (χ2v) is 9.18. The number of carbonyl (C=O) groups is 2. The molecule has 3 unspecified atom stereocenters. The summed E-state index contributed by atoms with van der Waals surface area (Å²) in [6, 6.07) is 15.3. The van der Waals surface area contributed by atoms with E-state index in [1.165, 1.54) is 0 Å². The van der Waals surface area contributed by atoms with Gasteiger partial charge in [0.25, 0.3) is 5.91 Å². The molecule has 3 heterocycles. The van der Waals surface area contributed by atoms with E-state index in [0.29, 0.717) is 23.7 Å². The quantitative estimate of drug-likeness (QED) is 0.806. The van der Waals surface area contributed by atoms with Crippen molar-refractivity contribution in [3.8, 4) is 0 Å². The molecule has 2 aromatic rings. The zero-order valence-corrected chi connectivity index (χ0v) is 17.7. The van der Waals surface area contributed by atoms with E-state index in [1.54, 1.807) is 24.3 Å². The molecule has 3 aliphatic rings. The second-order valence-electron chi connectivity index (χ2n) is 7.74. The molecule has 1 spiro atoms. The Labute approximate surface area is 179 Å². The van der Waals surface area contributed by atoms with Crippen molar-refractivity contribution >= 4 is 46.6 Å². The Bertz CT molecular complexity index is 982. The van der Waals surface area contributed by atoms with Crippen LogP contribution >= 0.6 is 23.4 Å². The van der Waals surface area contributed by atoms with Crippen LogP contribution in [-0.2, 0) is 15.1 Å². The minimum atomic E-state index is -0.919. The van der Waals surface area contributed by atoms with Crippen LogP contribution < -0.4 is 10.2 Å². The van der Waals surface area contributed by atoms with Gasteiger partial charge < -0.3 is 10.2 Å². The SMILES string of the molecule is CCN1C(=O)C2(c3ccccc31)C(C(=O)Nc1ccc(Cl)cc1)CC1CSCN12. The van der Waals surface area contributed by atoms with Gasteiger partial charge in [-0.05, 0) is 43.7 Å². The molecule has 0 radical (unpaired) electrons. The Morgan fingerprint density at radius 3 is 2.76 bits per heavy atom. The fourth-order valence-electron chi connectivity index (χ4n) is 5.16. The van der Waals surface area contributed by atoms with E-state index >= 15 is 0 Å². The van der Waals surface area contributed by atoms with Gasteiger partial charge in [0.15, 0.2) is 0 Å². The van der Waals surface area contributed by atoms with E-state index in [9.17, 15) is 9.59 Å². The summed E-state index contributed by atoms with van der Waals surface area (Å²) in [5.41, 5.74) is 1.68. The lowest BCUT2D eigenvalue weighted by molar-refractivity contribution is -0.136. The zero-order valence-electron chi connectivity index (χ0n) is 16.1. The van der Waals surface area contributed by atoms with E-state index in [0.717, 1.165) is 22.9 Å². The van der Waals surface area contributed by atoms with Crippen molar-refractivity contribution in [1.29, 1.82) is 0 Å². The van der Waals surface area contributed by atoms with Gasteiger partial charge in [0.2, 0.25) is 5.91 Å². The Morgan fingerprint density at radius 2 is 2.00 bits per heavy atom. The normalized spacial score (nSPS) is 28.1. The lowest BCUT2D eigenvalue weighted by Crippen LogP contribution is -2.55. The van der Waals surface area contributed by atoms with Gasteiger partial charge in [-0.1, -0.05) is 29.8 Å². The van der Waals surface area contributed by atoms with Crippen LogP contribution in [0, 0.1) is 5.92 Å². The summed E-state index contributed by atoms with van der Waals surface area (Å²) in [5.74, 6) is 1.21. The van der Waals surface area contributed by atoms with Crippen LogP contribution in [0.4, 0.5) is 11.4 Å². The first-order chi connectivity index (χ1) is 14.1. The molecule has 5 rings (SSSR count). The topological polar surface area (TPSA) is 52.7 Å². The van der Waals surface area contributed by atoms with Crippen molar-refractivity contribution in [2.75, 3.05) is 28.4 Å². The van der Waals surface area contributed by atoms with Crippen LogP contribution in [0.3, 0.4) is 0 Å². The average molecular weight is 428 g/mol. The number of rotatable bonds is 3. The Hall–Kier alpha value is -2.02. The molecule has 2 saturated heterocycles. The molecule has 0 bridgehead atoms. The van der Waals surface area contributed by atoms with Crippen LogP contribution in [0.2, 0.25) is 5.02 Å². The number of amides is 2. The van der Waals surface area contributed by atoms with Gasteiger partial charge in [0.1, 0.15) is 5.54 Å². The summed E-state index contributed by atoms with van der Waals surface area (Å²) in [4.78, 5) is 31.5. The number of nitrogens with one attached hydrogen (secondary N) is 1. The van der Waals surface area contributed by atoms with Gasteiger partial charge in [-0.3, -0.25) is 14.5 Å². The van der Waals surface area contributed by atoms with Gasteiger partial charge in [-0.15, -0.1) is 11.8 Å². The van der Waals surface area contributed by atoms with Gasteiger partial charge in [0, 0.05) is 46.2 Å². The number of para-hydroxylation sites is 1. The van der Waals surface area contributed by atoms with Gasteiger partial charge in [-0.25, -0.2) is 0 Å². The largest absolute Gasteiger partial charge is 0.326 e. The van der Waals surface area contributed by atoms with Crippen molar-refractivity contribution in [3.05, 3.63) is 59.1 Å². The lowest BCUT2D eigenvalue weighted by Gasteiger charge is -2.36. The van der Waals surface area contributed by atoms with E-state index in [4.69, 9.17) is 11.6 Å². The van der Waals surface area contributed by atoms with Crippen LogP contribution in [0.25, 0.3) is 0 Å². The second kappa shape index (κ2) is 7.04. The van der Waals surface area contributed by atoms with Crippen LogP contribution in [0.15, 0.2) is 48.5 Å². The maximum Gasteiger partial charge on any atom is 0.253 e. The highest BCUT2D eigenvalue weighted by molar-refractivity contribution is 7.99. The molecule has 29 heavy (non-hydrogen) atoms. The van der Waals surface area contributed by atoms with Crippen LogP contribution in [0.5, 0.6) is 0 Å². The van der Waals surface area contributed by atoms with E-state index in [-0.39, 0.29) is 17.9 Å². The Morgan fingerprint density at radius 1 is 1.24 bits per heavy atom. The molecule has 2 fully saturated rings. The number of hydrogen-bond donors (Lipinski definition) is 1. The zero-order chi connectivity index (χ0) is 20.2. The Balaban J connectivity index is 1.59. The minimum Gasteiger partial charge on any atom is -0.326 e. The number of carbonyl (C=O) groups excluding carboxylic acids is 2. The van der Waals surface area contributed by atoms with Crippen molar-refractivity contribution in [1.82, 2.24) is 4.90 Å². The number of nitrogens with zero attached hydrogens (tertiary/aromatic N) is 2. The third-order valence-electron chi connectivity index (χ3n) is 6.37. The predicted molar refractivity (Wildman–Crippen MR) is 117 cm³/mol. The first-order valence-electron chi connectivity index (χ1n) is 9.89. The average Bonchev–Trinajstić information content (AvgIpc) is 3.37. The van der Waals surface area contributed by atoms with E-state index < -0.39 is 11.5 Å². The molecule has 7 heteroatoms. The number of anilines is 2. The fraction of sp³-hybridized carbons (Fsp3) is 0.364. The van der Waals surface area contributed by atoms with Crippen molar-refractivity contribution < 1.29 is 9.59 Å². The Kier molecular flexibility index (Phi) is 4.61. The van der Waals surface area contributed by atoms with Gasteiger partial charge in [0.05, 0.1) is 5.92 Å². The number of halogens is 1. The minimum absolute atomic E-state index is 0.0301. The monoisotopic (exact) mass is 427 g/mol. The highest BCUT2D eigenvalue weighted by atomic mass is 35.5. The number of fused-ring (bicyclic) bond motifs is 4.